The minimum Gasteiger partial charge on any atom is -0.496 e. The number of thiol groups is 1. The van der Waals surface area contributed by atoms with Gasteiger partial charge in [0.05, 0.1) is 18.5 Å². The molecule has 1 unspecified atom stereocenters. The highest BCUT2D eigenvalue weighted by molar-refractivity contribution is 7.82. The molecule has 2 aromatic heterocycles. The van der Waals surface area contributed by atoms with Crippen LogP contribution in [-0.4, -0.2) is 33.0 Å². The molecule has 44 heavy (non-hydrogen) atoms. The van der Waals surface area contributed by atoms with E-state index in [9.17, 15) is 18.5 Å². The topological polar surface area (TPSA) is 120 Å². The van der Waals surface area contributed by atoms with Crippen LogP contribution in [-0.2, 0) is 28.0 Å². The molecule has 1 aliphatic rings. The van der Waals surface area contributed by atoms with Crippen molar-refractivity contribution in [3.63, 3.8) is 0 Å². The Morgan fingerprint density at radius 3 is 2.52 bits per heavy atom. The number of aromatic nitrogens is 3. The molecule has 1 fully saturated rings. The van der Waals surface area contributed by atoms with E-state index in [4.69, 9.17) is 15.0 Å². The van der Waals surface area contributed by atoms with Crippen LogP contribution >= 0.6 is 11.3 Å². The summed E-state index contributed by atoms with van der Waals surface area (Å²) in [6.07, 6.45) is 3.01. The highest BCUT2D eigenvalue weighted by Crippen LogP contribution is 2.39. The average Bonchev–Trinajstić information content (AvgIpc) is 3.55. The van der Waals surface area contributed by atoms with Crippen molar-refractivity contribution in [2.45, 2.75) is 37.5 Å². The lowest BCUT2D eigenvalue weighted by molar-refractivity contribution is 0.0691. The maximum atomic E-state index is 15.3. The molecule has 3 N–H and O–H groups in total. The van der Waals surface area contributed by atoms with E-state index < -0.39 is 28.6 Å². The summed E-state index contributed by atoms with van der Waals surface area (Å²) < 4.78 is 49.0. The van der Waals surface area contributed by atoms with Crippen molar-refractivity contribution in [3.8, 4) is 33.3 Å². The summed E-state index contributed by atoms with van der Waals surface area (Å²) in [6, 6.07) is 14.7. The minimum atomic E-state index is -2.34. The van der Waals surface area contributed by atoms with Crippen molar-refractivity contribution >= 4 is 28.3 Å². The van der Waals surface area contributed by atoms with Crippen molar-refractivity contribution in [1.29, 1.82) is 0 Å². The number of nitrogens with two attached hydrogens (primary N) is 1. The van der Waals surface area contributed by atoms with Gasteiger partial charge in [0.2, 0.25) is 10.0 Å². The first-order valence-corrected chi connectivity index (χ1v) is 16.1. The summed E-state index contributed by atoms with van der Waals surface area (Å²) in [7, 11) is -0.763. The smallest absolute Gasteiger partial charge is 0.355 e. The number of methoxy groups -OCH3 is 1. The van der Waals surface area contributed by atoms with E-state index >= 15 is 4.39 Å². The molecule has 226 valence electrons. The van der Waals surface area contributed by atoms with E-state index in [1.165, 1.54) is 23.6 Å². The molecule has 0 saturated heterocycles. The van der Waals surface area contributed by atoms with Crippen molar-refractivity contribution in [2.24, 2.45) is 11.1 Å². The third-order valence-corrected chi connectivity index (χ3v) is 9.39. The van der Waals surface area contributed by atoms with Gasteiger partial charge in [-0.15, -0.1) is 16.5 Å². The zero-order chi connectivity index (χ0) is 31.1. The molecule has 0 aliphatic heterocycles. The second-order valence-electron chi connectivity index (χ2n) is 10.8. The Kier molecular flexibility index (Phi) is 8.14. The Morgan fingerprint density at radius 2 is 1.89 bits per heavy atom. The average molecular weight is 636 g/mol. The molecule has 1 aliphatic carbocycles. The first kappa shape index (κ1) is 29.8. The van der Waals surface area contributed by atoms with Crippen LogP contribution in [0.15, 0.2) is 64.9 Å². The van der Waals surface area contributed by atoms with Crippen molar-refractivity contribution in [3.05, 3.63) is 99.7 Å². The summed E-state index contributed by atoms with van der Waals surface area (Å²) >= 11 is 1.16. The van der Waals surface area contributed by atoms with E-state index in [0.717, 1.165) is 41.0 Å². The second-order valence-corrected chi connectivity index (χ2v) is 12.8. The lowest BCUT2D eigenvalue weighted by atomic mass is 9.94. The van der Waals surface area contributed by atoms with E-state index in [2.05, 4.69) is 4.98 Å². The maximum absolute atomic E-state index is 15.3. The van der Waals surface area contributed by atoms with Crippen LogP contribution in [0.4, 0.5) is 8.78 Å². The highest BCUT2D eigenvalue weighted by Gasteiger charge is 2.30. The molecule has 1 atom stereocenters. The number of hydrogen-bond donors (Lipinski definition) is 2. The fourth-order valence-electron chi connectivity index (χ4n) is 5.31. The van der Waals surface area contributed by atoms with Crippen LogP contribution < -0.4 is 9.88 Å². The monoisotopic (exact) mass is 635 g/mol. The number of rotatable bonds is 10. The van der Waals surface area contributed by atoms with E-state index in [0.29, 0.717) is 51.2 Å². The lowest BCUT2D eigenvalue weighted by Gasteiger charge is -2.11. The number of halogens is 2. The van der Waals surface area contributed by atoms with Gasteiger partial charge in [0.25, 0.3) is 0 Å². The number of carboxylic acids is 1. The van der Waals surface area contributed by atoms with E-state index in [1.807, 2.05) is 13.0 Å². The number of hydrogen-bond acceptors (Lipinski definition) is 6. The van der Waals surface area contributed by atoms with Crippen LogP contribution in [0, 0.1) is 24.5 Å². The number of benzene rings is 3. The first-order valence-electron chi connectivity index (χ1n) is 13.9. The summed E-state index contributed by atoms with van der Waals surface area (Å²) in [4.78, 5) is 15.9. The third kappa shape index (κ3) is 5.92. The molecular weight excluding hydrogens is 607 g/mol. The van der Waals surface area contributed by atoms with Gasteiger partial charge in [-0.3, -0.25) is 0 Å². The van der Waals surface area contributed by atoms with Crippen LogP contribution in [0.25, 0.3) is 27.5 Å². The Morgan fingerprint density at radius 1 is 1.11 bits per heavy atom. The fraction of sp³-hybridized carbons (Fsp3) is 0.219. The highest BCUT2D eigenvalue weighted by atomic mass is 32.2. The van der Waals surface area contributed by atoms with Crippen molar-refractivity contribution < 1.29 is 27.6 Å². The maximum Gasteiger partial charge on any atom is 0.355 e. The van der Waals surface area contributed by atoms with Crippen LogP contribution in [0.3, 0.4) is 0 Å². The Labute approximate surface area is 258 Å². The summed E-state index contributed by atoms with van der Waals surface area (Å²) in [5, 5.41) is 21.8. The predicted molar refractivity (Wildman–Crippen MR) is 166 cm³/mol. The van der Waals surface area contributed by atoms with E-state index in [-0.39, 0.29) is 17.0 Å². The largest absolute Gasteiger partial charge is 0.496 e. The van der Waals surface area contributed by atoms with Gasteiger partial charge in [-0.05, 0) is 91.3 Å². The van der Waals surface area contributed by atoms with Gasteiger partial charge in [0, 0.05) is 28.5 Å². The van der Waals surface area contributed by atoms with Gasteiger partial charge in [-0.2, -0.15) is 5.10 Å². The molecule has 0 amide bonds. The molecule has 2 heterocycles. The van der Waals surface area contributed by atoms with Gasteiger partial charge in [0.1, 0.15) is 11.6 Å². The summed E-state index contributed by atoms with van der Waals surface area (Å²) in [5.41, 5.74) is 5.23. The number of aromatic carboxylic acids is 1. The molecule has 1 saturated carbocycles. The number of carboxylic acid groups (broad SMARTS) is 1. The van der Waals surface area contributed by atoms with Crippen molar-refractivity contribution in [2.75, 3.05) is 7.11 Å². The Balaban J connectivity index is 1.53. The molecule has 5 aromatic rings. The Bertz CT molecular complexity index is 1930. The molecule has 6 rings (SSSR count). The number of ether oxygens (including phenoxy) is 1. The second kappa shape index (κ2) is 12.0. The number of aryl methyl sites for hydroxylation is 1. The van der Waals surface area contributed by atoms with Crippen LogP contribution in [0.5, 0.6) is 5.75 Å². The zero-order valence-electron chi connectivity index (χ0n) is 23.9. The molecule has 0 spiro atoms. The Hall–Kier alpha value is -4.26. The van der Waals surface area contributed by atoms with Gasteiger partial charge < -0.3 is 9.84 Å². The molecule has 0 bridgehead atoms. The fourth-order valence-corrected chi connectivity index (χ4v) is 6.58. The zero-order valence-corrected chi connectivity index (χ0v) is 25.6. The molecule has 12 heteroatoms. The van der Waals surface area contributed by atoms with E-state index in [1.54, 1.807) is 42.1 Å². The van der Waals surface area contributed by atoms with Crippen LogP contribution in [0.1, 0.15) is 45.7 Å². The predicted octanol–water partition coefficient (Wildman–Crippen LogP) is 6.43. The third-order valence-electron chi connectivity index (χ3n) is 7.74. The van der Waals surface area contributed by atoms with Gasteiger partial charge in [-0.1, -0.05) is 16.3 Å². The summed E-state index contributed by atoms with van der Waals surface area (Å²) in [5.74, 6) is -1.10. The minimum absolute atomic E-state index is 0.0557. The molecular formula is C32H29F2N4O4S2+. The number of nitrogens with zero attached hydrogens (tertiary/aromatic N) is 3. The van der Waals surface area contributed by atoms with Crippen molar-refractivity contribution in [1.82, 2.24) is 14.8 Å². The normalized spacial score (nSPS) is 13.7. The number of carbonyl (C=O) groups is 1. The van der Waals surface area contributed by atoms with Crippen LogP contribution in [0.2, 0.25) is 0 Å². The molecule has 3 aromatic carbocycles. The molecule has 0 radical (unpaired) electrons. The van der Waals surface area contributed by atoms with Gasteiger partial charge in [-0.25, -0.2) is 23.2 Å². The molecule has 8 nitrogen and oxygen atoms in total. The van der Waals surface area contributed by atoms with Gasteiger partial charge >= 0.3 is 5.97 Å². The summed E-state index contributed by atoms with van der Waals surface area (Å²) in [6.45, 7) is 1.89. The quantitative estimate of drug-likeness (QED) is 0.135. The lowest BCUT2D eigenvalue weighted by Crippen LogP contribution is -2.07. The standard InChI is InChI=1S/C32H28F2N4O4S2/c1-17-11-20(7-9-28(17)42-2)22-15-21(6-8-24(22)33)30-23(12-19-5-10-29(44(35)41)25(34)13-19)27(14-18-3-4-18)38(37-30)32-36-26(16-43-32)31(39)40/h5-11,13,15-16,18H,3-4,12,14H2,1-2H3,(H2,35,41)(H,39,40)/p+1. The number of thiazole rings is 1. The SMILES string of the molecule is COc1ccc(-c2cc(-c3nn(-c4nc(C(=O)O)cs4)c(CC4CC4)c3Cc3ccc([SH+](N)=O)c(F)c3)ccc2F)cc1C. The first-order chi connectivity index (χ1) is 21.1. The van der Waals surface area contributed by atoms with Gasteiger partial charge in [0.15, 0.2) is 22.5 Å².